The van der Waals surface area contributed by atoms with Crippen LogP contribution in [0.5, 0.6) is 0 Å². The topological polar surface area (TPSA) is 135 Å². The molecule has 0 bridgehead atoms. The lowest BCUT2D eigenvalue weighted by atomic mass is 9.65. The van der Waals surface area contributed by atoms with E-state index in [1.807, 2.05) is 19.9 Å². The Morgan fingerprint density at radius 2 is 2.27 bits per heavy atom. The van der Waals surface area contributed by atoms with E-state index in [2.05, 4.69) is 10.3 Å². The highest BCUT2D eigenvalue weighted by Gasteiger charge is 2.56. The number of nitrogens with two attached hydrogens (primary N) is 1. The summed E-state index contributed by atoms with van der Waals surface area (Å²) in [6.07, 6.45) is 7.89. The first-order valence-corrected chi connectivity index (χ1v) is 11.4. The highest BCUT2D eigenvalue weighted by molar-refractivity contribution is 5.98. The number of aryl methyl sites for hydroxylation is 1. The van der Waals surface area contributed by atoms with E-state index in [9.17, 15) is 4.79 Å². The van der Waals surface area contributed by atoms with Crippen molar-refractivity contribution in [2.24, 2.45) is 21.6 Å². The fraction of sp³-hybridized carbons (Fsp3) is 0.542. The Morgan fingerprint density at radius 3 is 2.88 bits per heavy atom. The third-order valence-corrected chi connectivity index (χ3v) is 6.93. The quantitative estimate of drug-likeness (QED) is 0.662. The van der Waals surface area contributed by atoms with E-state index in [-0.39, 0.29) is 29.1 Å². The molecule has 1 aromatic rings. The van der Waals surface area contributed by atoms with Crippen LogP contribution in [0.15, 0.2) is 34.1 Å². The van der Waals surface area contributed by atoms with Crippen molar-refractivity contribution in [2.45, 2.75) is 64.0 Å². The predicted molar refractivity (Wildman–Crippen MR) is 124 cm³/mol. The van der Waals surface area contributed by atoms with E-state index >= 15 is 0 Å². The fourth-order valence-corrected chi connectivity index (χ4v) is 4.94. The normalized spacial score (nSPS) is 26.4. The second kappa shape index (κ2) is 8.94. The van der Waals surface area contributed by atoms with E-state index in [1.165, 1.54) is 12.6 Å². The number of allylic oxidation sites excluding steroid dienone is 1. The molecule has 2 aliphatic heterocycles. The number of nitrogens with one attached hydrogen (secondary N) is 1. The molecule has 2 atom stereocenters. The molecule has 2 fully saturated rings. The molecule has 1 amide bonds. The summed E-state index contributed by atoms with van der Waals surface area (Å²) >= 11 is 0. The van der Waals surface area contributed by atoms with Gasteiger partial charge in [0.05, 0.1) is 30.1 Å². The van der Waals surface area contributed by atoms with Gasteiger partial charge >= 0.3 is 0 Å². The van der Waals surface area contributed by atoms with Crippen LogP contribution in [0.3, 0.4) is 0 Å². The van der Waals surface area contributed by atoms with Crippen LogP contribution in [0.4, 0.5) is 0 Å². The van der Waals surface area contributed by atoms with Crippen molar-refractivity contribution in [1.82, 2.24) is 10.3 Å². The number of amides is 1. The number of carbonyl (C=O) groups excluding carboxylic acids is 1. The molecule has 9 heteroatoms. The summed E-state index contributed by atoms with van der Waals surface area (Å²) in [6.45, 7) is 6.45. The molecule has 1 aromatic heterocycles. The Labute approximate surface area is 193 Å². The Kier molecular flexibility index (Phi) is 6.21. The van der Waals surface area contributed by atoms with Crippen LogP contribution in [0, 0.1) is 24.2 Å². The van der Waals surface area contributed by atoms with Gasteiger partial charge in [-0.05, 0) is 63.7 Å². The zero-order valence-electron chi connectivity index (χ0n) is 19.4. The molecule has 1 saturated carbocycles. The third kappa shape index (κ3) is 4.23. The van der Waals surface area contributed by atoms with Gasteiger partial charge in [-0.3, -0.25) is 4.79 Å². The molecule has 3 heterocycles. The standard InChI is InChI=1S/C24H30N6O3/c1-4-18(24-14-33-23(7-6-8-23)10-17(24)13-32-22(26)30-24)28-19(5-2)29-21(31)20-15(3)9-16(11-25)12-27-20/h5,9,12,17H,4,6-8,10,13-14H2,1-3H3,(H2,26,30)(H,29,31)/b19-5+,28-18?. The summed E-state index contributed by atoms with van der Waals surface area (Å²) < 4.78 is 12.0. The van der Waals surface area contributed by atoms with Crippen LogP contribution in [0.1, 0.15) is 67.6 Å². The highest BCUT2D eigenvalue weighted by atomic mass is 16.5. The molecular weight excluding hydrogens is 420 g/mol. The molecule has 3 N–H and O–H groups in total. The molecule has 1 aliphatic carbocycles. The minimum Gasteiger partial charge on any atom is -0.465 e. The van der Waals surface area contributed by atoms with Gasteiger partial charge < -0.3 is 20.5 Å². The summed E-state index contributed by atoms with van der Waals surface area (Å²) in [6, 6.07) is 3.81. The smallest absolute Gasteiger partial charge is 0.282 e. The number of nitriles is 1. The fourth-order valence-electron chi connectivity index (χ4n) is 4.94. The second-order valence-electron chi connectivity index (χ2n) is 8.95. The van der Waals surface area contributed by atoms with E-state index in [1.54, 1.807) is 19.1 Å². The summed E-state index contributed by atoms with van der Waals surface area (Å²) in [7, 11) is 0. The first kappa shape index (κ1) is 22.9. The number of carbonyl (C=O) groups is 1. The van der Waals surface area contributed by atoms with Crippen LogP contribution in [0.2, 0.25) is 0 Å². The van der Waals surface area contributed by atoms with Crippen LogP contribution in [0.25, 0.3) is 0 Å². The number of aromatic nitrogens is 1. The molecule has 0 radical (unpaired) electrons. The number of fused-ring (bicyclic) bond motifs is 1. The number of nitrogens with zero attached hydrogens (tertiary/aromatic N) is 4. The third-order valence-electron chi connectivity index (χ3n) is 6.93. The Morgan fingerprint density at radius 1 is 1.48 bits per heavy atom. The minimum atomic E-state index is -0.709. The first-order chi connectivity index (χ1) is 15.8. The van der Waals surface area contributed by atoms with Crippen molar-refractivity contribution in [2.75, 3.05) is 13.2 Å². The second-order valence-corrected chi connectivity index (χ2v) is 8.95. The maximum atomic E-state index is 12.9. The van der Waals surface area contributed by atoms with Crippen molar-refractivity contribution < 1.29 is 14.3 Å². The molecule has 174 valence electrons. The average Bonchev–Trinajstić information content (AvgIpc) is 2.79. The predicted octanol–water partition coefficient (Wildman–Crippen LogP) is 2.75. The van der Waals surface area contributed by atoms with Gasteiger partial charge in [0, 0.05) is 12.1 Å². The Balaban J connectivity index is 1.61. The lowest BCUT2D eigenvalue weighted by Gasteiger charge is -2.54. The van der Waals surface area contributed by atoms with Gasteiger partial charge in [-0.25, -0.2) is 15.0 Å². The van der Waals surface area contributed by atoms with E-state index < -0.39 is 5.54 Å². The van der Waals surface area contributed by atoms with Crippen molar-refractivity contribution in [3.63, 3.8) is 0 Å². The van der Waals surface area contributed by atoms with Crippen molar-refractivity contribution >= 4 is 17.6 Å². The molecule has 3 aliphatic rings. The molecule has 4 rings (SSSR count). The summed E-state index contributed by atoms with van der Waals surface area (Å²) in [5.74, 6) is 0.121. The number of aliphatic imine (C=N–C) groups is 2. The van der Waals surface area contributed by atoms with Crippen LogP contribution < -0.4 is 11.1 Å². The van der Waals surface area contributed by atoms with Crippen LogP contribution in [-0.4, -0.2) is 47.0 Å². The molecular formula is C24H30N6O3. The maximum Gasteiger partial charge on any atom is 0.282 e. The van der Waals surface area contributed by atoms with Gasteiger partial charge in [0.15, 0.2) is 0 Å². The van der Waals surface area contributed by atoms with Gasteiger partial charge in [-0.15, -0.1) is 0 Å². The summed E-state index contributed by atoms with van der Waals surface area (Å²) in [5, 5.41) is 11.9. The zero-order valence-corrected chi connectivity index (χ0v) is 19.4. The Hall–Kier alpha value is -3.25. The maximum absolute atomic E-state index is 12.9. The molecule has 9 nitrogen and oxygen atoms in total. The van der Waals surface area contributed by atoms with Gasteiger partial charge in [-0.2, -0.15) is 5.26 Å². The number of hydrogen-bond acceptors (Lipinski definition) is 8. The van der Waals surface area contributed by atoms with E-state index in [0.717, 1.165) is 25.0 Å². The van der Waals surface area contributed by atoms with Crippen molar-refractivity contribution in [3.8, 4) is 6.07 Å². The van der Waals surface area contributed by atoms with Gasteiger partial charge in [0.1, 0.15) is 23.1 Å². The van der Waals surface area contributed by atoms with Gasteiger partial charge in [0.2, 0.25) is 0 Å². The molecule has 1 saturated heterocycles. The monoisotopic (exact) mass is 450 g/mol. The number of rotatable bonds is 5. The Bertz CT molecular complexity index is 1080. The summed E-state index contributed by atoms with van der Waals surface area (Å²) in [4.78, 5) is 26.6. The van der Waals surface area contributed by atoms with Gasteiger partial charge in [-0.1, -0.05) is 6.92 Å². The number of ether oxygens (including phenoxy) is 2. The number of amidine groups is 1. The minimum absolute atomic E-state index is 0.0750. The first-order valence-electron chi connectivity index (χ1n) is 11.4. The molecule has 0 aromatic carbocycles. The SMILES string of the molecule is C/C=C(\N=C(CC)C12COC3(CCC3)CC1COC(N)=N2)NC(=O)c1ncc(C#N)cc1C. The highest BCUT2D eigenvalue weighted by Crippen LogP contribution is 2.49. The van der Waals surface area contributed by atoms with Gasteiger partial charge in [0.25, 0.3) is 11.9 Å². The van der Waals surface area contributed by atoms with Crippen molar-refractivity contribution in [1.29, 1.82) is 5.26 Å². The number of pyridine rings is 1. The zero-order chi connectivity index (χ0) is 23.6. The lowest BCUT2D eigenvalue weighted by Crippen LogP contribution is -2.63. The van der Waals surface area contributed by atoms with E-state index in [0.29, 0.717) is 36.6 Å². The largest absolute Gasteiger partial charge is 0.465 e. The molecule has 1 spiro atoms. The molecule has 2 unspecified atom stereocenters. The average molecular weight is 451 g/mol. The lowest BCUT2D eigenvalue weighted by molar-refractivity contribution is -0.167. The number of hydrogen-bond donors (Lipinski definition) is 2. The molecule has 33 heavy (non-hydrogen) atoms. The van der Waals surface area contributed by atoms with Crippen LogP contribution >= 0.6 is 0 Å². The van der Waals surface area contributed by atoms with E-state index in [4.69, 9.17) is 30.5 Å². The van der Waals surface area contributed by atoms with Crippen molar-refractivity contribution in [3.05, 3.63) is 41.0 Å². The van der Waals surface area contributed by atoms with Crippen LogP contribution in [-0.2, 0) is 9.47 Å². The summed E-state index contributed by atoms with van der Waals surface area (Å²) in [5.41, 5.74) is 7.28.